The molecule has 6 heteroatoms. The molecule has 2 aromatic carbocycles. The third-order valence-corrected chi connectivity index (χ3v) is 3.03. The second kappa shape index (κ2) is 4.09. The van der Waals surface area contributed by atoms with Crippen LogP contribution in [0.4, 0.5) is 5.69 Å². The van der Waals surface area contributed by atoms with Crippen LogP contribution in [0.15, 0.2) is 41.3 Å². The molecule has 0 aliphatic heterocycles. The molecule has 0 atom stereocenters. The first-order valence-corrected chi connectivity index (χ1v) is 5.63. The largest absolute Gasteiger partial charge is 0.744 e. The van der Waals surface area contributed by atoms with Gasteiger partial charge in [-0.2, -0.15) is 0 Å². The Labute approximate surface area is 93.2 Å². The van der Waals surface area contributed by atoms with Crippen molar-refractivity contribution in [2.45, 2.75) is 4.90 Å². The number of rotatable bonds is 1. The number of hydrogen-bond acceptors (Lipinski definition) is 4. The van der Waals surface area contributed by atoms with Crippen LogP contribution >= 0.6 is 0 Å². The van der Waals surface area contributed by atoms with Gasteiger partial charge in [-0.3, -0.25) is 0 Å². The van der Waals surface area contributed by atoms with Crippen LogP contribution in [-0.4, -0.2) is 13.0 Å². The van der Waals surface area contributed by atoms with Gasteiger partial charge in [-0.25, -0.2) is 8.42 Å². The van der Waals surface area contributed by atoms with Crippen LogP contribution in [0.25, 0.3) is 10.8 Å². The van der Waals surface area contributed by atoms with Gasteiger partial charge >= 0.3 is 0 Å². The fourth-order valence-corrected chi connectivity index (χ4v) is 2.19. The maximum atomic E-state index is 10.9. The summed E-state index contributed by atoms with van der Waals surface area (Å²) in [5, 5.41) is 1.05. The molecule has 0 saturated carbocycles. The van der Waals surface area contributed by atoms with Crippen LogP contribution in [0, 0.1) is 0 Å². The van der Waals surface area contributed by atoms with Crippen LogP contribution in [-0.2, 0) is 10.1 Å². The van der Waals surface area contributed by atoms with E-state index in [2.05, 4.69) is 0 Å². The van der Waals surface area contributed by atoms with Gasteiger partial charge in [0.05, 0.1) is 4.90 Å². The van der Waals surface area contributed by atoms with E-state index in [1.807, 2.05) is 0 Å². The topological polar surface area (TPSA) is 120 Å². The first-order chi connectivity index (χ1) is 6.98. The Morgan fingerprint density at radius 3 is 2.44 bits per heavy atom. The summed E-state index contributed by atoms with van der Waals surface area (Å²) >= 11 is 0. The van der Waals surface area contributed by atoms with Crippen LogP contribution in [0.1, 0.15) is 0 Å². The smallest absolute Gasteiger partial charge is 0.125 e. The molecule has 0 fully saturated rings. The molecule has 0 unspecified atom stereocenters. The number of nitrogen functional groups attached to an aromatic ring is 1. The molecular formula is C10H12N2O3S. The minimum absolute atomic E-state index is 0. The minimum Gasteiger partial charge on any atom is -0.744 e. The van der Waals surface area contributed by atoms with Gasteiger partial charge in [0.2, 0.25) is 0 Å². The molecule has 5 nitrogen and oxygen atoms in total. The van der Waals surface area contributed by atoms with Gasteiger partial charge in [0, 0.05) is 5.69 Å². The quantitative estimate of drug-likeness (QED) is 0.582. The second-order valence-electron chi connectivity index (χ2n) is 3.19. The summed E-state index contributed by atoms with van der Waals surface area (Å²) in [5.74, 6) is 0. The molecule has 2 aromatic rings. The van der Waals surface area contributed by atoms with Gasteiger partial charge in [-0.1, -0.05) is 18.2 Å². The molecule has 86 valence electrons. The van der Waals surface area contributed by atoms with E-state index in [0.717, 1.165) is 0 Å². The van der Waals surface area contributed by atoms with Crippen molar-refractivity contribution in [2.24, 2.45) is 0 Å². The fraction of sp³-hybridized carbons (Fsp3) is 0. The Morgan fingerprint density at radius 1 is 1.12 bits per heavy atom. The molecule has 0 aromatic heterocycles. The summed E-state index contributed by atoms with van der Waals surface area (Å²) in [6, 6.07) is 9.25. The van der Waals surface area contributed by atoms with Crippen LogP contribution in [0.5, 0.6) is 0 Å². The highest BCUT2D eigenvalue weighted by molar-refractivity contribution is 7.86. The van der Waals surface area contributed by atoms with E-state index in [-0.39, 0.29) is 11.0 Å². The lowest BCUT2D eigenvalue weighted by Gasteiger charge is -2.10. The molecule has 6 N–H and O–H groups in total. The van der Waals surface area contributed by atoms with Gasteiger partial charge in [0.25, 0.3) is 0 Å². The van der Waals surface area contributed by atoms with E-state index < -0.39 is 10.1 Å². The molecule has 2 rings (SSSR count). The summed E-state index contributed by atoms with van der Waals surface area (Å²) in [6.45, 7) is 0. The van der Waals surface area contributed by atoms with Gasteiger partial charge in [0.1, 0.15) is 10.1 Å². The van der Waals surface area contributed by atoms with Crippen molar-refractivity contribution < 1.29 is 13.0 Å². The Balaban J connectivity index is 0.00000128. The third kappa shape index (κ3) is 2.13. The number of benzene rings is 2. The van der Waals surface area contributed by atoms with Gasteiger partial charge < -0.3 is 16.4 Å². The Hall–Kier alpha value is -1.63. The highest BCUT2D eigenvalue weighted by Gasteiger charge is 2.06. The summed E-state index contributed by atoms with van der Waals surface area (Å²) in [6.07, 6.45) is 0. The van der Waals surface area contributed by atoms with Crippen molar-refractivity contribution >= 4 is 26.6 Å². The van der Waals surface area contributed by atoms with Crippen molar-refractivity contribution in [3.05, 3.63) is 36.4 Å². The molecule has 0 radical (unpaired) electrons. The van der Waals surface area contributed by atoms with Crippen LogP contribution in [0.3, 0.4) is 0 Å². The summed E-state index contributed by atoms with van der Waals surface area (Å²) in [7, 11) is -4.43. The van der Waals surface area contributed by atoms with Crippen molar-refractivity contribution in [1.82, 2.24) is 6.15 Å². The van der Waals surface area contributed by atoms with E-state index in [1.165, 1.54) is 18.2 Å². The lowest BCUT2D eigenvalue weighted by Crippen LogP contribution is -1.99. The number of nitrogens with two attached hydrogens (primary N) is 1. The molecule has 0 bridgehead atoms. The zero-order valence-corrected chi connectivity index (χ0v) is 9.49. The third-order valence-electron chi connectivity index (χ3n) is 2.13. The molecule has 0 aliphatic rings. The predicted molar refractivity (Wildman–Crippen MR) is 62.3 cm³/mol. The van der Waals surface area contributed by atoms with E-state index >= 15 is 0 Å². The first kappa shape index (κ1) is 12.4. The van der Waals surface area contributed by atoms with E-state index in [4.69, 9.17) is 5.73 Å². The number of fused-ring (bicyclic) bond motifs is 1. The predicted octanol–water partition coefficient (Wildman–Crippen LogP) is 1.70. The minimum atomic E-state index is -4.43. The standard InChI is InChI=1S/C10H9NO3S.H3N/c11-8-4-5-9-7(6-8)2-1-3-10(9)15(12,13)14;/h1-6H,11H2,(H,12,13,14);1H3. The van der Waals surface area contributed by atoms with Crippen LogP contribution < -0.4 is 11.9 Å². The lowest BCUT2D eigenvalue weighted by atomic mass is 10.1. The average molecular weight is 240 g/mol. The molecule has 0 spiro atoms. The van der Waals surface area contributed by atoms with Gasteiger partial charge in [0.15, 0.2) is 0 Å². The normalized spacial score (nSPS) is 11.1. The molecular weight excluding hydrogens is 228 g/mol. The van der Waals surface area contributed by atoms with Gasteiger partial charge in [-0.15, -0.1) is 0 Å². The lowest BCUT2D eigenvalue weighted by molar-refractivity contribution is 0.464. The summed E-state index contributed by atoms with van der Waals surface area (Å²) < 4.78 is 32.8. The number of hydrogen-bond donors (Lipinski definition) is 2. The van der Waals surface area contributed by atoms with Crippen molar-refractivity contribution in [3.63, 3.8) is 0 Å². The number of quaternary nitrogens is 1. The Morgan fingerprint density at radius 2 is 1.81 bits per heavy atom. The zero-order valence-electron chi connectivity index (χ0n) is 8.67. The summed E-state index contributed by atoms with van der Waals surface area (Å²) in [5.41, 5.74) is 6.09. The molecule has 0 saturated heterocycles. The maximum absolute atomic E-state index is 10.9. The SMILES string of the molecule is Nc1ccc2c(S(=O)(=O)[O-])cccc2c1.[NH4+]. The molecule has 16 heavy (non-hydrogen) atoms. The van der Waals surface area contributed by atoms with Gasteiger partial charge in [-0.05, 0) is 29.0 Å². The molecule has 0 aliphatic carbocycles. The van der Waals surface area contributed by atoms with Crippen molar-refractivity contribution in [2.75, 3.05) is 5.73 Å². The Bertz CT molecular complexity index is 623. The monoisotopic (exact) mass is 240 g/mol. The first-order valence-electron chi connectivity index (χ1n) is 4.22. The maximum Gasteiger partial charge on any atom is 0.125 e. The van der Waals surface area contributed by atoms with E-state index in [1.54, 1.807) is 18.2 Å². The zero-order chi connectivity index (χ0) is 11.1. The highest BCUT2D eigenvalue weighted by Crippen LogP contribution is 2.24. The highest BCUT2D eigenvalue weighted by atomic mass is 32.2. The number of anilines is 1. The molecule has 0 amide bonds. The molecule has 0 heterocycles. The Kier molecular flexibility index (Phi) is 3.18. The van der Waals surface area contributed by atoms with Crippen LogP contribution in [0.2, 0.25) is 0 Å². The van der Waals surface area contributed by atoms with Crippen molar-refractivity contribution in [3.8, 4) is 0 Å². The van der Waals surface area contributed by atoms with E-state index in [0.29, 0.717) is 16.5 Å². The van der Waals surface area contributed by atoms with Crippen molar-refractivity contribution in [1.29, 1.82) is 0 Å². The second-order valence-corrected chi connectivity index (χ2v) is 4.54. The summed E-state index contributed by atoms with van der Waals surface area (Å²) in [4.78, 5) is -0.208. The average Bonchev–Trinajstić information content (AvgIpc) is 2.15. The fourth-order valence-electron chi connectivity index (χ4n) is 1.49. The van der Waals surface area contributed by atoms with E-state index in [9.17, 15) is 13.0 Å².